The molecule has 0 saturated heterocycles. The highest BCUT2D eigenvalue weighted by Gasteiger charge is 2.08. The molecule has 0 radical (unpaired) electrons. The molecule has 1 nitrogen and oxygen atoms in total. The Hall–Kier alpha value is -1.90. The number of hydrogen-bond acceptors (Lipinski definition) is 2. The highest BCUT2D eigenvalue weighted by atomic mass is 32.1. The van der Waals surface area contributed by atoms with E-state index in [1.807, 2.05) is 6.07 Å². The van der Waals surface area contributed by atoms with Crippen molar-refractivity contribution in [1.29, 1.82) is 0 Å². The van der Waals surface area contributed by atoms with E-state index in [1.165, 1.54) is 26.4 Å². The molecule has 2 heteroatoms. The Morgan fingerprint density at radius 1 is 0.810 bits per heavy atom. The zero-order valence-electron chi connectivity index (χ0n) is 12.1. The van der Waals surface area contributed by atoms with Gasteiger partial charge in [0.05, 0.1) is 0 Å². The number of nitrogens with two attached hydrogens (primary N) is 1. The molecule has 0 aliphatic rings. The summed E-state index contributed by atoms with van der Waals surface area (Å²) in [6.45, 7) is 2.12. The molecule has 0 spiro atoms. The van der Waals surface area contributed by atoms with E-state index < -0.39 is 0 Å². The summed E-state index contributed by atoms with van der Waals surface area (Å²) >= 11 is 1.80. The number of benzene rings is 2. The van der Waals surface area contributed by atoms with E-state index >= 15 is 0 Å². The van der Waals surface area contributed by atoms with Crippen LogP contribution in [0.4, 0.5) is 0 Å². The molecular weight excluding hydrogens is 274 g/mol. The zero-order chi connectivity index (χ0) is 14.7. The predicted octanol–water partition coefficient (Wildman–Crippen LogP) is 5.49. The van der Waals surface area contributed by atoms with E-state index in [-0.39, 0.29) is 6.04 Å². The molecule has 0 aliphatic carbocycles. The maximum absolute atomic E-state index is 6.10. The fraction of sp³-hybridized carbons (Fsp3) is 0.158. The van der Waals surface area contributed by atoms with Gasteiger partial charge in [-0.2, -0.15) is 0 Å². The molecule has 0 bridgehead atoms. The van der Waals surface area contributed by atoms with Gasteiger partial charge >= 0.3 is 0 Å². The molecule has 0 fully saturated rings. The van der Waals surface area contributed by atoms with Crippen LogP contribution >= 0.6 is 11.3 Å². The average Bonchev–Trinajstić information content (AvgIpc) is 3.05. The van der Waals surface area contributed by atoms with E-state index in [0.29, 0.717) is 0 Å². The second kappa shape index (κ2) is 6.25. The van der Waals surface area contributed by atoms with Gasteiger partial charge in [-0.1, -0.05) is 61.5 Å². The van der Waals surface area contributed by atoms with Crippen molar-refractivity contribution in [2.24, 2.45) is 5.73 Å². The number of thiophene rings is 1. The quantitative estimate of drug-likeness (QED) is 0.676. The van der Waals surface area contributed by atoms with Crippen LogP contribution in [0.1, 0.15) is 24.3 Å². The van der Waals surface area contributed by atoms with Crippen molar-refractivity contribution in [3.8, 4) is 21.6 Å². The van der Waals surface area contributed by atoms with Gasteiger partial charge in [0.15, 0.2) is 0 Å². The van der Waals surface area contributed by atoms with Crippen molar-refractivity contribution in [1.82, 2.24) is 0 Å². The molecule has 2 N–H and O–H groups in total. The zero-order valence-corrected chi connectivity index (χ0v) is 12.9. The standard InChI is InChI=1S/C19H19NS/c1-2-17(20)19-13-12-18(21-19)16-10-8-15(9-11-16)14-6-4-3-5-7-14/h3-13,17H,2,20H2,1H3. The fourth-order valence-corrected chi connectivity index (χ4v) is 3.46. The van der Waals surface area contributed by atoms with Crippen LogP contribution in [0.25, 0.3) is 21.6 Å². The van der Waals surface area contributed by atoms with Crippen LogP contribution in [0.15, 0.2) is 66.7 Å². The van der Waals surface area contributed by atoms with Crippen molar-refractivity contribution in [3.05, 3.63) is 71.6 Å². The fourth-order valence-electron chi connectivity index (χ4n) is 2.37. The van der Waals surface area contributed by atoms with Gasteiger partial charge in [-0.05, 0) is 35.2 Å². The normalized spacial score (nSPS) is 12.3. The summed E-state index contributed by atoms with van der Waals surface area (Å²) in [5.74, 6) is 0. The smallest absolute Gasteiger partial charge is 0.0387 e. The molecule has 0 amide bonds. The first-order chi connectivity index (χ1) is 10.3. The summed E-state index contributed by atoms with van der Waals surface area (Å²) in [4.78, 5) is 2.55. The van der Waals surface area contributed by atoms with Crippen LogP contribution < -0.4 is 5.73 Å². The van der Waals surface area contributed by atoms with Crippen LogP contribution in [-0.2, 0) is 0 Å². The number of hydrogen-bond donors (Lipinski definition) is 1. The summed E-state index contributed by atoms with van der Waals surface area (Å²) in [5, 5.41) is 0. The van der Waals surface area contributed by atoms with Crippen LogP contribution in [-0.4, -0.2) is 0 Å². The molecule has 0 saturated carbocycles. The Kier molecular flexibility index (Phi) is 4.18. The van der Waals surface area contributed by atoms with Gasteiger partial charge in [-0.15, -0.1) is 11.3 Å². The first-order valence-electron chi connectivity index (χ1n) is 7.29. The highest BCUT2D eigenvalue weighted by molar-refractivity contribution is 7.15. The maximum Gasteiger partial charge on any atom is 0.0387 e. The summed E-state index contributed by atoms with van der Waals surface area (Å²) in [6.07, 6.45) is 0.979. The molecule has 2 aromatic carbocycles. The molecule has 3 aromatic rings. The van der Waals surface area contributed by atoms with Crippen LogP contribution in [0, 0.1) is 0 Å². The lowest BCUT2D eigenvalue weighted by molar-refractivity contribution is 0.712. The molecule has 1 heterocycles. The molecule has 106 valence electrons. The lowest BCUT2D eigenvalue weighted by atomic mass is 10.0. The second-order valence-corrected chi connectivity index (χ2v) is 6.28. The van der Waals surface area contributed by atoms with Gasteiger partial charge in [0, 0.05) is 15.8 Å². The Labute approximate surface area is 130 Å². The third-order valence-corrected chi connectivity index (χ3v) is 4.97. The Balaban J connectivity index is 1.86. The minimum Gasteiger partial charge on any atom is -0.323 e. The van der Waals surface area contributed by atoms with E-state index in [2.05, 4.69) is 67.6 Å². The molecule has 1 aromatic heterocycles. The first-order valence-corrected chi connectivity index (χ1v) is 8.10. The maximum atomic E-state index is 6.10. The Morgan fingerprint density at radius 2 is 1.43 bits per heavy atom. The van der Waals surface area contributed by atoms with Gasteiger partial charge in [0.1, 0.15) is 0 Å². The average molecular weight is 293 g/mol. The van der Waals surface area contributed by atoms with Crippen molar-refractivity contribution in [2.75, 3.05) is 0 Å². The van der Waals surface area contributed by atoms with Crippen molar-refractivity contribution >= 4 is 11.3 Å². The van der Waals surface area contributed by atoms with E-state index in [4.69, 9.17) is 5.73 Å². The molecule has 0 aliphatic heterocycles. The van der Waals surface area contributed by atoms with Gasteiger partial charge in [-0.25, -0.2) is 0 Å². The lowest BCUT2D eigenvalue weighted by Crippen LogP contribution is -2.05. The summed E-state index contributed by atoms with van der Waals surface area (Å²) in [5.41, 5.74) is 9.86. The SMILES string of the molecule is CCC(N)c1ccc(-c2ccc(-c3ccccc3)cc2)s1. The van der Waals surface area contributed by atoms with Crippen molar-refractivity contribution in [2.45, 2.75) is 19.4 Å². The third-order valence-electron chi connectivity index (χ3n) is 3.71. The van der Waals surface area contributed by atoms with Gasteiger partial charge < -0.3 is 5.73 Å². The molecule has 3 rings (SSSR count). The van der Waals surface area contributed by atoms with Crippen LogP contribution in [0.3, 0.4) is 0 Å². The van der Waals surface area contributed by atoms with E-state index in [1.54, 1.807) is 11.3 Å². The molecular formula is C19H19NS. The van der Waals surface area contributed by atoms with Gasteiger partial charge in [-0.3, -0.25) is 0 Å². The monoisotopic (exact) mass is 293 g/mol. The topological polar surface area (TPSA) is 26.0 Å². The van der Waals surface area contributed by atoms with Gasteiger partial charge in [0.25, 0.3) is 0 Å². The molecule has 1 atom stereocenters. The second-order valence-electron chi connectivity index (χ2n) is 5.16. The third kappa shape index (κ3) is 3.07. The lowest BCUT2D eigenvalue weighted by Gasteiger charge is -2.05. The Bertz CT molecular complexity index is 698. The van der Waals surface area contributed by atoms with Crippen LogP contribution in [0.2, 0.25) is 0 Å². The summed E-state index contributed by atoms with van der Waals surface area (Å²) in [7, 11) is 0. The predicted molar refractivity (Wildman–Crippen MR) is 92.4 cm³/mol. The van der Waals surface area contributed by atoms with Crippen LogP contribution in [0.5, 0.6) is 0 Å². The van der Waals surface area contributed by atoms with Crippen molar-refractivity contribution < 1.29 is 0 Å². The van der Waals surface area contributed by atoms with Crippen molar-refractivity contribution in [3.63, 3.8) is 0 Å². The minimum atomic E-state index is 0.160. The van der Waals surface area contributed by atoms with E-state index in [0.717, 1.165) is 6.42 Å². The largest absolute Gasteiger partial charge is 0.323 e. The summed E-state index contributed by atoms with van der Waals surface area (Å²) in [6, 6.07) is 23.7. The Morgan fingerprint density at radius 3 is 2.10 bits per heavy atom. The molecule has 1 unspecified atom stereocenters. The summed E-state index contributed by atoms with van der Waals surface area (Å²) < 4.78 is 0. The number of rotatable bonds is 4. The molecule has 21 heavy (non-hydrogen) atoms. The first kappa shape index (κ1) is 14.1. The van der Waals surface area contributed by atoms with E-state index in [9.17, 15) is 0 Å². The highest BCUT2D eigenvalue weighted by Crippen LogP contribution is 2.32. The van der Waals surface area contributed by atoms with Gasteiger partial charge in [0.2, 0.25) is 0 Å². The minimum absolute atomic E-state index is 0.160.